The van der Waals surface area contributed by atoms with Crippen molar-refractivity contribution in [1.82, 2.24) is 0 Å². The summed E-state index contributed by atoms with van der Waals surface area (Å²) >= 11 is 6.66. The van der Waals surface area contributed by atoms with Gasteiger partial charge < -0.3 is 0 Å². The third-order valence-electron chi connectivity index (χ3n) is 5.20. The molecule has 0 aliphatic heterocycles. The fraction of sp³-hybridized carbons (Fsp3) is 0.0714. The zero-order chi connectivity index (χ0) is 23.9. The van der Waals surface area contributed by atoms with Crippen LogP contribution in [-0.4, -0.2) is 21.2 Å². The van der Waals surface area contributed by atoms with Gasteiger partial charge in [-0.1, -0.05) is 0 Å². The van der Waals surface area contributed by atoms with Gasteiger partial charge in [0.1, 0.15) is 0 Å². The number of carbonyl (C=O) groups excluding carboxylic acids is 1. The molecule has 4 aromatic rings. The van der Waals surface area contributed by atoms with Crippen LogP contribution in [0.3, 0.4) is 0 Å². The van der Waals surface area contributed by atoms with Crippen molar-refractivity contribution in [3.05, 3.63) is 118 Å². The Bertz CT molecular complexity index is 1380. The minimum atomic E-state index is -0.307. The van der Waals surface area contributed by atoms with Crippen LogP contribution < -0.4 is 9.20 Å². The maximum absolute atomic E-state index is 14.3. The first-order valence-electron chi connectivity index (χ1n) is 10.4. The van der Waals surface area contributed by atoms with Crippen molar-refractivity contribution in [2.75, 3.05) is 0 Å². The number of ether oxygens (including phenoxy) is 1. The molecule has 0 bridgehead atoms. The molecule has 0 aromatic heterocycles. The summed E-state index contributed by atoms with van der Waals surface area (Å²) in [4.78, 5) is 11.5. The van der Waals surface area contributed by atoms with E-state index in [2.05, 4.69) is 6.07 Å². The first-order chi connectivity index (χ1) is 16.6. The second-order valence-corrected chi connectivity index (χ2v) is 10.0. The number of aldehydes is 1. The predicted molar refractivity (Wildman–Crippen MR) is 133 cm³/mol. The standard InChI is InChI=1S/C28H19ClFNO2Se/c29-28-22(7-4-9-25(28)24-8-1-2-10-26(24)30)18-34-23-12-11-21(16-32)27(14-23)33-17-20-6-3-5-19(13-20)15-31/h1-14,16H,17-18H2. The van der Waals surface area contributed by atoms with Crippen LogP contribution in [0.2, 0.25) is 5.02 Å². The van der Waals surface area contributed by atoms with Crippen LogP contribution >= 0.6 is 11.6 Å². The molecule has 0 saturated heterocycles. The SMILES string of the molecule is N#Cc1cccc(COc2cc([Se]Cc3cccc(-c4ccccc4F)c3Cl)ccc2C=O)c1. The van der Waals surface area contributed by atoms with Gasteiger partial charge in [-0.3, -0.25) is 0 Å². The van der Waals surface area contributed by atoms with Gasteiger partial charge in [0.2, 0.25) is 0 Å². The van der Waals surface area contributed by atoms with Gasteiger partial charge in [0.15, 0.2) is 0 Å². The van der Waals surface area contributed by atoms with E-state index in [0.717, 1.165) is 21.9 Å². The molecule has 0 radical (unpaired) electrons. The van der Waals surface area contributed by atoms with E-state index in [1.165, 1.54) is 6.07 Å². The van der Waals surface area contributed by atoms with E-state index >= 15 is 0 Å². The molecular formula is C28H19ClFNO2Se. The molecule has 0 saturated carbocycles. The third kappa shape index (κ3) is 5.55. The number of benzene rings is 4. The summed E-state index contributed by atoms with van der Waals surface area (Å²) in [6.45, 7) is 0.253. The van der Waals surface area contributed by atoms with Crippen molar-refractivity contribution < 1.29 is 13.9 Å². The van der Waals surface area contributed by atoms with Gasteiger partial charge in [0, 0.05) is 0 Å². The first kappa shape index (κ1) is 23.7. The normalized spacial score (nSPS) is 10.5. The Kier molecular flexibility index (Phi) is 7.77. The quantitative estimate of drug-likeness (QED) is 0.208. The summed E-state index contributed by atoms with van der Waals surface area (Å²) in [6.07, 6.45) is 0.770. The maximum atomic E-state index is 14.3. The van der Waals surface area contributed by atoms with E-state index in [0.29, 0.717) is 38.3 Å². The van der Waals surface area contributed by atoms with Crippen LogP contribution in [-0.2, 0) is 11.9 Å². The molecule has 4 rings (SSSR count). The van der Waals surface area contributed by atoms with E-state index in [1.54, 1.807) is 42.5 Å². The fourth-order valence-electron chi connectivity index (χ4n) is 3.46. The van der Waals surface area contributed by atoms with Gasteiger partial charge in [-0.05, 0) is 0 Å². The molecule has 0 aliphatic carbocycles. The Balaban J connectivity index is 1.51. The predicted octanol–water partition coefficient (Wildman–Crippen LogP) is 5.94. The zero-order valence-electron chi connectivity index (χ0n) is 18.0. The van der Waals surface area contributed by atoms with Crippen LogP contribution in [0.25, 0.3) is 11.1 Å². The molecule has 0 fully saturated rings. The Morgan fingerprint density at radius 3 is 2.56 bits per heavy atom. The Labute approximate surface area is 208 Å². The zero-order valence-corrected chi connectivity index (χ0v) is 20.5. The van der Waals surface area contributed by atoms with Gasteiger partial charge in [-0.2, -0.15) is 0 Å². The van der Waals surface area contributed by atoms with Crippen LogP contribution in [0.5, 0.6) is 5.75 Å². The summed E-state index contributed by atoms with van der Waals surface area (Å²) in [5.74, 6) is 0.196. The van der Waals surface area contributed by atoms with Gasteiger partial charge >= 0.3 is 209 Å². The number of carbonyl (C=O) groups is 1. The molecule has 0 aliphatic rings. The number of nitrogens with zero attached hydrogens (tertiary/aromatic N) is 1. The van der Waals surface area contributed by atoms with Gasteiger partial charge in [0.25, 0.3) is 0 Å². The van der Waals surface area contributed by atoms with Crippen molar-refractivity contribution in [3.8, 4) is 22.9 Å². The molecule has 0 atom stereocenters. The third-order valence-corrected chi connectivity index (χ3v) is 7.83. The topological polar surface area (TPSA) is 50.1 Å². The summed E-state index contributed by atoms with van der Waals surface area (Å²) in [7, 11) is 0. The fourth-order valence-corrected chi connectivity index (χ4v) is 5.86. The minimum absolute atomic E-state index is 0.0117. The first-order valence-corrected chi connectivity index (χ1v) is 12.9. The molecule has 0 N–H and O–H groups in total. The van der Waals surface area contributed by atoms with Gasteiger partial charge in [-0.25, -0.2) is 0 Å². The van der Waals surface area contributed by atoms with Crippen molar-refractivity contribution in [3.63, 3.8) is 0 Å². The van der Waals surface area contributed by atoms with E-state index in [-0.39, 0.29) is 27.4 Å². The van der Waals surface area contributed by atoms with E-state index in [9.17, 15) is 9.18 Å². The second-order valence-electron chi connectivity index (χ2n) is 7.47. The summed E-state index contributed by atoms with van der Waals surface area (Å²) < 4.78 is 21.2. The molecule has 0 heterocycles. The van der Waals surface area contributed by atoms with E-state index < -0.39 is 0 Å². The molecule has 0 unspecified atom stereocenters. The summed E-state index contributed by atoms with van der Waals surface area (Å²) in [5.41, 5.74) is 3.97. The number of hydrogen-bond donors (Lipinski definition) is 0. The van der Waals surface area contributed by atoms with Crippen molar-refractivity contribution in [2.24, 2.45) is 0 Å². The molecule has 0 amide bonds. The second kappa shape index (κ2) is 11.1. The molecule has 168 valence electrons. The van der Waals surface area contributed by atoms with Crippen LogP contribution in [0.15, 0.2) is 84.9 Å². The molecule has 34 heavy (non-hydrogen) atoms. The van der Waals surface area contributed by atoms with Gasteiger partial charge in [0.05, 0.1) is 0 Å². The molecule has 0 spiro atoms. The van der Waals surface area contributed by atoms with E-state index in [1.807, 2.05) is 36.4 Å². The van der Waals surface area contributed by atoms with Gasteiger partial charge in [-0.15, -0.1) is 0 Å². The summed E-state index contributed by atoms with van der Waals surface area (Å²) in [5, 5.41) is 10.3. The molecule has 6 heteroatoms. The average Bonchev–Trinajstić information content (AvgIpc) is 2.87. The Hall–Kier alpha value is -3.42. The van der Waals surface area contributed by atoms with Crippen molar-refractivity contribution in [2.45, 2.75) is 11.9 Å². The molecular weight excluding hydrogens is 516 g/mol. The van der Waals surface area contributed by atoms with Crippen molar-refractivity contribution in [1.29, 1.82) is 5.26 Å². The van der Waals surface area contributed by atoms with Crippen LogP contribution in [0.1, 0.15) is 27.0 Å². The molecule has 4 aromatic carbocycles. The Morgan fingerprint density at radius 2 is 1.76 bits per heavy atom. The number of nitriles is 1. The number of rotatable bonds is 8. The monoisotopic (exact) mass is 535 g/mol. The summed E-state index contributed by atoms with van der Waals surface area (Å²) in [6, 6.07) is 27.1. The number of halogens is 2. The average molecular weight is 535 g/mol. The number of hydrogen-bond acceptors (Lipinski definition) is 3. The van der Waals surface area contributed by atoms with E-state index in [4.69, 9.17) is 21.6 Å². The van der Waals surface area contributed by atoms with Crippen LogP contribution in [0, 0.1) is 17.1 Å². The molecule has 3 nitrogen and oxygen atoms in total. The van der Waals surface area contributed by atoms with Crippen molar-refractivity contribution >= 4 is 37.3 Å². The van der Waals surface area contributed by atoms with Crippen LogP contribution in [0.4, 0.5) is 4.39 Å². The Morgan fingerprint density at radius 1 is 0.971 bits per heavy atom.